The molecule has 0 amide bonds. The molecule has 96 valence electrons. The van der Waals surface area contributed by atoms with Crippen molar-refractivity contribution in [3.63, 3.8) is 0 Å². The normalized spacial score (nSPS) is 23.9. The van der Waals surface area contributed by atoms with Gasteiger partial charge in [-0.1, -0.05) is 12.5 Å². The van der Waals surface area contributed by atoms with Crippen LogP contribution in [-0.2, 0) is 0 Å². The first-order valence-corrected chi connectivity index (χ1v) is 7.46. The number of anilines is 1. The van der Waals surface area contributed by atoms with Crippen LogP contribution >= 0.6 is 11.8 Å². The van der Waals surface area contributed by atoms with Crippen LogP contribution in [0.1, 0.15) is 25.3 Å². The van der Waals surface area contributed by atoms with Crippen molar-refractivity contribution in [3.05, 3.63) is 24.0 Å². The number of benzene rings is 1. The van der Waals surface area contributed by atoms with E-state index in [4.69, 9.17) is 5.73 Å². The van der Waals surface area contributed by atoms with E-state index in [1.165, 1.54) is 18.9 Å². The Morgan fingerprint density at radius 1 is 1.44 bits per heavy atom. The number of fused-ring (bicyclic) bond motifs is 1. The summed E-state index contributed by atoms with van der Waals surface area (Å²) in [5.41, 5.74) is 7.20. The standard InChI is InChI=1S/C13H16FN3S/c1-18-11-7-3-6-10(11)17-12-8(14)4-2-5-9(12)16-13(17)15/h2,4-5,10-11H,3,6-7H2,1H3,(H2,15,16). The lowest BCUT2D eigenvalue weighted by atomic mass is 10.2. The van der Waals surface area contributed by atoms with Gasteiger partial charge in [-0.2, -0.15) is 11.8 Å². The highest BCUT2D eigenvalue weighted by Gasteiger charge is 2.31. The minimum Gasteiger partial charge on any atom is -0.369 e. The summed E-state index contributed by atoms with van der Waals surface area (Å²) in [5, 5.41) is 0.504. The number of imidazole rings is 1. The van der Waals surface area contributed by atoms with E-state index in [1.807, 2.05) is 22.4 Å². The Hall–Kier alpha value is -1.23. The van der Waals surface area contributed by atoms with E-state index >= 15 is 0 Å². The van der Waals surface area contributed by atoms with E-state index in [-0.39, 0.29) is 11.9 Å². The lowest BCUT2D eigenvalue weighted by Gasteiger charge is -2.21. The number of aromatic nitrogens is 2. The molecule has 2 N–H and O–H groups in total. The van der Waals surface area contributed by atoms with E-state index in [9.17, 15) is 4.39 Å². The Morgan fingerprint density at radius 3 is 3.06 bits per heavy atom. The lowest BCUT2D eigenvalue weighted by molar-refractivity contribution is 0.537. The van der Waals surface area contributed by atoms with Gasteiger partial charge in [-0.15, -0.1) is 0 Å². The third kappa shape index (κ3) is 1.68. The number of nitrogens with zero attached hydrogens (tertiary/aromatic N) is 2. The van der Waals surface area contributed by atoms with E-state index in [0.29, 0.717) is 22.2 Å². The summed E-state index contributed by atoms with van der Waals surface area (Å²) in [6.07, 6.45) is 5.49. The molecule has 2 atom stereocenters. The van der Waals surface area contributed by atoms with Crippen LogP contribution in [0.5, 0.6) is 0 Å². The topological polar surface area (TPSA) is 43.8 Å². The van der Waals surface area contributed by atoms with Crippen LogP contribution in [-0.4, -0.2) is 21.1 Å². The summed E-state index contributed by atoms with van der Waals surface area (Å²) < 4.78 is 15.9. The number of hydrogen-bond donors (Lipinski definition) is 1. The van der Waals surface area contributed by atoms with E-state index in [2.05, 4.69) is 11.2 Å². The van der Waals surface area contributed by atoms with Crippen LogP contribution in [0.15, 0.2) is 18.2 Å². The molecule has 5 heteroatoms. The molecule has 3 rings (SSSR count). The Kier molecular flexibility index (Phi) is 2.93. The zero-order valence-corrected chi connectivity index (χ0v) is 11.1. The molecule has 1 aromatic heterocycles. The summed E-state index contributed by atoms with van der Waals surface area (Å²) in [6, 6.07) is 5.23. The second-order valence-corrected chi connectivity index (χ2v) is 5.80. The molecule has 0 radical (unpaired) electrons. The van der Waals surface area contributed by atoms with Crippen molar-refractivity contribution in [1.82, 2.24) is 9.55 Å². The van der Waals surface area contributed by atoms with Crippen LogP contribution in [0.2, 0.25) is 0 Å². The predicted octanol–water partition coefficient (Wildman–Crippen LogP) is 3.21. The first-order chi connectivity index (χ1) is 8.72. The zero-order chi connectivity index (χ0) is 12.7. The van der Waals surface area contributed by atoms with Crippen LogP contribution in [0.25, 0.3) is 11.0 Å². The quantitative estimate of drug-likeness (QED) is 0.906. The number of nitrogen functional groups attached to an aromatic ring is 1. The molecule has 1 aromatic carbocycles. The maximum absolute atomic E-state index is 14.0. The molecule has 0 saturated heterocycles. The van der Waals surface area contributed by atoms with Crippen molar-refractivity contribution in [3.8, 4) is 0 Å². The highest BCUT2D eigenvalue weighted by atomic mass is 32.2. The Balaban J connectivity index is 2.19. The number of hydrogen-bond acceptors (Lipinski definition) is 3. The van der Waals surface area contributed by atoms with Crippen LogP contribution in [0, 0.1) is 5.82 Å². The van der Waals surface area contributed by atoms with Crippen LogP contribution < -0.4 is 5.73 Å². The van der Waals surface area contributed by atoms with Crippen molar-refractivity contribution < 1.29 is 4.39 Å². The molecule has 1 heterocycles. The second-order valence-electron chi connectivity index (χ2n) is 4.72. The average molecular weight is 265 g/mol. The second kappa shape index (κ2) is 4.46. The highest BCUT2D eigenvalue weighted by Crippen LogP contribution is 2.40. The summed E-state index contributed by atoms with van der Waals surface area (Å²) in [7, 11) is 0. The van der Waals surface area contributed by atoms with Crippen molar-refractivity contribution in [2.75, 3.05) is 12.0 Å². The van der Waals surface area contributed by atoms with Crippen LogP contribution in [0.3, 0.4) is 0 Å². The fourth-order valence-electron chi connectivity index (χ4n) is 2.94. The van der Waals surface area contributed by atoms with Gasteiger partial charge in [0.1, 0.15) is 11.3 Å². The SMILES string of the molecule is CSC1CCCC1n1c(N)nc2cccc(F)c21. The number of thioether (sulfide) groups is 1. The first kappa shape index (κ1) is 11.8. The number of nitrogens with two attached hydrogens (primary N) is 1. The molecule has 0 spiro atoms. The summed E-state index contributed by atoms with van der Waals surface area (Å²) in [4.78, 5) is 4.28. The maximum Gasteiger partial charge on any atom is 0.201 e. The third-order valence-corrected chi connectivity index (χ3v) is 4.90. The minimum absolute atomic E-state index is 0.233. The zero-order valence-electron chi connectivity index (χ0n) is 10.3. The Morgan fingerprint density at radius 2 is 2.28 bits per heavy atom. The minimum atomic E-state index is -0.233. The maximum atomic E-state index is 14.0. The number of rotatable bonds is 2. The fourth-order valence-corrected chi connectivity index (χ4v) is 3.91. The van der Waals surface area contributed by atoms with Gasteiger partial charge in [0.15, 0.2) is 0 Å². The van der Waals surface area contributed by atoms with Gasteiger partial charge in [0.2, 0.25) is 5.95 Å². The van der Waals surface area contributed by atoms with Crippen molar-refractivity contribution in [2.24, 2.45) is 0 Å². The molecule has 2 aromatic rings. The van der Waals surface area contributed by atoms with E-state index in [0.717, 1.165) is 6.42 Å². The largest absolute Gasteiger partial charge is 0.369 e. The molecule has 1 aliphatic rings. The average Bonchev–Trinajstić information content (AvgIpc) is 2.92. The number of para-hydroxylation sites is 1. The van der Waals surface area contributed by atoms with Gasteiger partial charge in [-0.25, -0.2) is 9.37 Å². The molecular formula is C13H16FN3S. The summed E-state index contributed by atoms with van der Waals surface area (Å²) in [5.74, 6) is 0.199. The molecule has 1 saturated carbocycles. The van der Waals surface area contributed by atoms with Gasteiger partial charge in [-0.05, 0) is 31.2 Å². The van der Waals surface area contributed by atoms with E-state index in [1.54, 1.807) is 6.07 Å². The number of halogens is 1. The van der Waals surface area contributed by atoms with Gasteiger partial charge in [0, 0.05) is 11.3 Å². The van der Waals surface area contributed by atoms with Crippen molar-refractivity contribution in [2.45, 2.75) is 30.6 Å². The molecule has 0 bridgehead atoms. The fraction of sp³-hybridized carbons (Fsp3) is 0.462. The smallest absolute Gasteiger partial charge is 0.201 e. The summed E-state index contributed by atoms with van der Waals surface area (Å²) >= 11 is 1.84. The predicted molar refractivity (Wildman–Crippen MR) is 74.3 cm³/mol. The molecular weight excluding hydrogens is 249 g/mol. The molecule has 1 fully saturated rings. The van der Waals surface area contributed by atoms with Gasteiger partial charge in [-0.3, -0.25) is 0 Å². The molecule has 1 aliphatic carbocycles. The van der Waals surface area contributed by atoms with E-state index < -0.39 is 0 Å². The lowest BCUT2D eigenvalue weighted by Crippen LogP contribution is -2.18. The Labute approximate surface area is 110 Å². The Bertz CT molecular complexity index is 581. The molecule has 0 aliphatic heterocycles. The monoisotopic (exact) mass is 265 g/mol. The van der Waals surface area contributed by atoms with Crippen LogP contribution in [0.4, 0.5) is 10.3 Å². The first-order valence-electron chi connectivity index (χ1n) is 6.17. The van der Waals surface area contributed by atoms with Gasteiger partial charge in [0.05, 0.1) is 5.52 Å². The molecule has 3 nitrogen and oxygen atoms in total. The molecule has 18 heavy (non-hydrogen) atoms. The van der Waals surface area contributed by atoms with Gasteiger partial charge in [0.25, 0.3) is 0 Å². The summed E-state index contributed by atoms with van der Waals surface area (Å²) in [6.45, 7) is 0. The van der Waals surface area contributed by atoms with Crippen molar-refractivity contribution in [1.29, 1.82) is 0 Å². The molecule has 2 unspecified atom stereocenters. The van der Waals surface area contributed by atoms with Gasteiger partial charge < -0.3 is 10.3 Å². The van der Waals surface area contributed by atoms with Crippen molar-refractivity contribution >= 4 is 28.7 Å². The third-order valence-electron chi connectivity index (χ3n) is 3.74. The highest BCUT2D eigenvalue weighted by molar-refractivity contribution is 7.99. The van der Waals surface area contributed by atoms with Gasteiger partial charge >= 0.3 is 0 Å².